The van der Waals surface area contributed by atoms with E-state index in [2.05, 4.69) is 22.2 Å². The molecule has 0 spiro atoms. The highest BCUT2D eigenvalue weighted by molar-refractivity contribution is 7.92. The van der Waals surface area contributed by atoms with Gasteiger partial charge in [0.2, 0.25) is 10.0 Å². The van der Waals surface area contributed by atoms with Crippen LogP contribution in [0.3, 0.4) is 0 Å². The van der Waals surface area contributed by atoms with Crippen LogP contribution in [-0.2, 0) is 22.9 Å². The van der Waals surface area contributed by atoms with Gasteiger partial charge in [-0.1, -0.05) is 42.5 Å². The summed E-state index contributed by atoms with van der Waals surface area (Å²) in [5.74, 6) is 0. The van der Waals surface area contributed by atoms with Gasteiger partial charge in [-0.05, 0) is 54.3 Å². The third-order valence-corrected chi connectivity index (χ3v) is 4.84. The van der Waals surface area contributed by atoms with Gasteiger partial charge in [-0.15, -0.1) is 0 Å². The molecule has 144 valence electrons. The minimum Gasteiger partial charge on any atom is -0.355 e. The van der Waals surface area contributed by atoms with Crippen molar-refractivity contribution in [3.05, 3.63) is 89.5 Å². The van der Waals surface area contributed by atoms with Crippen molar-refractivity contribution in [1.82, 2.24) is 0 Å². The van der Waals surface area contributed by atoms with Crippen molar-refractivity contribution in [2.24, 2.45) is 0 Å². The molecular formula is C22H22N2O3S. The quantitative estimate of drug-likeness (QED) is 0.555. The predicted octanol–water partition coefficient (Wildman–Crippen LogP) is 4.40. The average molecular weight is 394 g/mol. The van der Waals surface area contributed by atoms with Gasteiger partial charge < -0.3 is 5.32 Å². The molecule has 6 heteroatoms. The van der Waals surface area contributed by atoms with Crippen LogP contribution < -0.4 is 10.0 Å². The van der Waals surface area contributed by atoms with Gasteiger partial charge >= 0.3 is 0 Å². The van der Waals surface area contributed by atoms with Crippen molar-refractivity contribution in [2.75, 3.05) is 16.3 Å². The zero-order valence-corrected chi connectivity index (χ0v) is 16.4. The number of carbonyl (C=O) groups is 1. The highest BCUT2D eigenvalue weighted by atomic mass is 32.2. The fraction of sp³-hybridized carbons (Fsp3) is 0.136. The molecule has 0 heterocycles. The fourth-order valence-electron chi connectivity index (χ4n) is 2.93. The van der Waals surface area contributed by atoms with Crippen LogP contribution in [-0.4, -0.2) is 21.0 Å². The molecule has 0 saturated heterocycles. The van der Waals surface area contributed by atoms with Gasteiger partial charge in [-0.25, -0.2) is 8.42 Å². The first kappa shape index (κ1) is 19.6. The van der Waals surface area contributed by atoms with Crippen molar-refractivity contribution in [2.45, 2.75) is 12.8 Å². The van der Waals surface area contributed by atoms with Crippen molar-refractivity contribution < 1.29 is 13.2 Å². The Kier molecular flexibility index (Phi) is 6.11. The van der Waals surface area contributed by atoms with Crippen LogP contribution in [0.2, 0.25) is 0 Å². The molecule has 0 unspecified atom stereocenters. The van der Waals surface area contributed by atoms with Gasteiger partial charge in [0, 0.05) is 16.9 Å². The van der Waals surface area contributed by atoms with E-state index < -0.39 is 10.0 Å². The molecule has 28 heavy (non-hydrogen) atoms. The lowest BCUT2D eigenvalue weighted by Crippen LogP contribution is -2.09. The molecule has 3 aromatic carbocycles. The number of aldehydes is 1. The molecule has 0 bridgehead atoms. The van der Waals surface area contributed by atoms with Gasteiger partial charge in [-0.3, -0.25) is 9.52 Å². The molecule has 3 rings (SSSR count). The van der Waals surface area contributed by atoms with E-state index in [1.165, 1.54) is 5.56 Å². The number of carbonyl (C=O) groups excluding carboxylic acids is 1. The zero-order valence-electron chi connectivity index (χ0n) is 15.6. The summed E-state index contributed by atoms with van der Waals surface area (Å²) in [6, 6.07) is 22.9. The first-order chi connectivity index (χ1) is 13.4. The Balaban J connectivity index is 1.79. The lowest BCUT2D eigenvalue weighted by Gasteiger charge is -2.13. The summed E-state index contributed by atoms with van der Waals surface area (Å²) in [5, 5.41) is 3.22. The maximum atomic E-state index is 11.4. The highest BCUT2D eigenvalue weighted by Crippen LogP contribution is 2.24. The number of anilines is 3. The van der Waals surface area contributed by atoms with E-state index in [9.17, 15) is 13.2 Å². The second-order valence-electron chi connectivity index (χ2n) is 6.61. The molecule has 0 fully saturated rings. The molecule has 0 atom stereocenters. The Hall–Kier alpha value is -3.12. The molecule has 0 saturated carbocycles. The predicted molar refractivity (Wildman–Crippen MR) is 114 cm³/mol. The number of nitrogens with one attached hydrogen (secondary N) is 2. The van der Waals surface area contributed by atoms with Gasteiger partial charge in [0.15, 0.2) is 6.29 Å². The average Bonchev–Trinajstić information content (AvgIpc) is 2.66. The number of hydrogen-bond acceptors (Lipinski definition) is 4. The maximum absolute atomic E-state index is 11.4. The fourth-order valence-corrected chi connectivity index (χ4v) is 3.49. The van der Waals surface area contributed by atoms with E-state index in [-0.39, 0.29) is 0 Å². The number of benzene rings is 3. The van der Waals surface area contributed by atoms with Crippen molar-refractivity contribution >= 4 is 33.4 Å². The van der Waals surface area contributed by atoms with Crippen LogP contribution in [0.15, 0.2) is 72.8 Å². The van der Waals surface area contributed by atoms with Crippen LogP contribution >= 0.6 is 0 Å². The SMILES string of the molecule is CS(=O)(=O)Nc1cccc(Nc2cc(CCc3ccccc3)ccc2C=O)c1. The smallest absolute Gasteiger partial charge is 0.229 e. The Bertz CT molecular complexity index is 1060. The van der Waals surface area contributed by atoms with Gasteiger partial charge in [0.25, 0.3) is 0 Å². The summed E-state index contributed by atoms with van der Waals surface area (Å²) in [5.41, 5.74) is 4.76. The molecule has 0 aliphatic rings. The van der Waals surface area contributed by atoms with E-state index in [1.807, 2.05) is 36.4 Å². The minimum absolute atomic E-state index is 0.459. The molecule has 3 aromatic rings. The molecule has 5 nitrogen and oxygen atoms in total. The first-order valence-electron chi connectivity index (χ1n) is 8.90. The summed E-state index contributed by atoms with van der Waals surface area (Å²) < 4.78 is 25.3. The topological polar surface area (TPSA) is 75.3 Å². The molecule has 0 aliphatic heterocycles. The minimum atomic E-state index is -3.35. The zero-order chi connectivity index (χ0) is 20.0. The Morgan fingerprint density at radius 2 is 1.54 bits per heavy atom. The van der Waals surface area contributed by atoms with E-state index >= 15 is 0 Å². The number of rotatable bonds is 8. The normalized spacial score (nSPS) is 11.0. The van der Waals surface area contributed by atoms with Crippen molar-refractivity contribution in [3.8, 4) is 0 Å². The second kappa shape index (κ2) is 8.71. The first-order valence-corrected chi connectivity index (χ1v) is 10.8. The van der Waals surface area contributed by atoms with Crippen LogP contribution in [0.5, 0.6) is 0 Å². The lowest BCUT2D eigenvalue weighted by molar-refractivity contribution is 0.112. The largest absolute Gasteiger partial charge is 0.355 e. The van der Waals surface area contributed by atoms with Crippen LogP contribution in [0.4, 0.5) is 17.1 Å². The van der Waals surface area contributed by atoms with E-state index in [4.69, 9.17) is 0 Å². The third kappa shape index (κ3) is 5.69. The molecule has 0 radical (unpaired) electrons. The van der Waals surface area contributed by atoms with Crippen LogP contribution in [0, 0.1) is 0 Å². The summed E-state index contributed by atoms with van der Waals surface area (Å²) in [4.78, 5) is 11.4. The number of aryl methyl sites for hydroxylation is 2. The summed E-state index contributed by atoms with van der Waals surface area (Å²) >= 11 is 0. The number of sulfonamides is 1. The molecule has 0 aromatic heterocycles. The standard InChI is InChI=1S/C22H22N2O3S/c1-28(26,27)24-21-9-5-8-20(15-21)23-22-14-18(12-13-19(22)16-25)11-10-17-6-3-2-4-7-17/h2-9,12-16,23-24H,10-11H2,1H3. The monoisotopic (exact) mass is 394 g/mol. The number of hydrogen-bond donors (Lipinski definition) is 2. The van der Waals surface area contributed by atoms with Gasteiger partial charge in [0.1, 0.15) is 0 Å². The highest BCUT2D eigenvalue weighted by Gasteiger charge is 2.07. The molecule has 0 aliphatic carbocycles. The summed E-state index contributed by atoms with van der Waals surface area (Å²) in [6.45, 7) is 0. The van der Waals surface area contributed by atoms with Gasteiger partial charge in [-0.2, -0.15) is 0 Å². The van der Waals surface area contributed by atoms with E-state index in [0.29, 0.717) is 22.6 Å². The van der Waals surface area contributed by atoms with E-state index in [1.54, 1.807) is 24.3 Å². The Morgan fingerprint density at radius 3 is 2.25 bits per heavy atom. The molecule has 0 amide bonds. The van der Waals surface area contributed by atoms with Crippen LogP contribution in [0.25, 0.3) is 0 Å². The van der Waals surface area contributed by atoms with Crippen LogP contribution in [0.1, 0.15) is 21.5 Å². The molecular weight excluding hydrogens is 372 g/mol. The summed E-state index contributed by atoms with van der Waals surface area (Å²) in [6.07, 6.45) is 3.68. The van der Waals surface area contributed by atoms with E-state index in [0.717, 1.165) is 30.9 Å². The Morgan fingerprint density at radius 1 is 0.821 bits per heavy atom. The maximum Gasteiger partial charge on any atom is 0.229 e. The Labute approximate surface area is 165 Å². The lowest BCUT2D eigenvalue weighted by atomic mass is 10.0. The van der Waals surface area contributed by atoms with Gasteiger partial charge in [0.05, 0.1) is 11.9 Å². The van der Waals surface area contributed by atoms with Crippen molar-refractivity contribution in [1.29, 1.82) is 0 Å². The summed E-state index contributed by atoms with van der Waals surface area (Å²) in [7, 11) is -3.35. The van der Waals surface area contributed by atoms with Crippen molar-refractivity contribution in [3.63, 3.8) is 0 Å². The molecule has 2 N–H and O–H groups in total. The third-order valence-electron chi connectivity index (χ3n) is 4.23. The second-order valence-corrected chi connectivity index (χ2v) is 8.35.